The van der Waals surface area contributed by atoms with Crippen LogP contribution in [0, 0.1) is 17.8 Å². The number of hydrogen-bond donors (Lipinski definition) is 0. The van der Waals surface area contributed by atoms with Crippen LogP contribution in [0.4, 0.5) is 0 Å². The summed E-state index contributed by atoms with van der Waals surface area (Å²) < 4.78 is 0. The standard InChI is InChI=1S/C31H42/c1-3-5-7-8-9-11-27-18-22-30(23-19-27)31-24-20-29(21-25-31)17-16-28-14-12-26(13-15-28)10-6-4-2/h12-15,18-19,22-23,29,31H,3-11,20-21,24-25H2,1-2H3. The van der Waals surface area contributed by atoms with Gasteiger partial charge < -0.3 is 0 Å². The van der Waals surface area contributed by atoms with Crippen LogP contribution in [0.5, 0.6) is 0 Å². The highest BCUT2D eigenvalue weighted by Crippen LogP contribution is 2.35. The molecule has 2 aromatic carbocycles. The van der Waals surface area contributed by atoms with Crippen LogP contribution in [0.15, 0.2) is 48.5 Å². The van der Waals surface area contributed by atoms with Crippen molar-refractivity contribution >= 4 is 0 Å². The van der Waals surface area contributed by atoms with E-state index >= 15 is 0 Å². The van der Waals surface area contributed by atoms with Crippen LogP contribution >= 0.6 is 0 Å². The molecule has 2 aromatic rings. The Labute approximate surface area is 191 Å². The van der Waals surface area contributed by atoms with Crippen molar-refractivity contribution in [2.45, 2.75) is 103 Å². The molecule has 0 unspecified atom stereocenters. The Morgan fingerprint density at radius 2 is 1.23 bits per heavy atom. The molecule has 0 saturated heterocycles. The van der Waals surface area contributed by atoms with Crippen molar-refractivity contribution in [3.8, 4) is 11.8 Å². The smallest absolute Gasteiger partial charge is 0.0245 e. The van der Waals surface area contributed by atoms with Crippen molar-refractivity contribution in [1.82, 2.24) is 0 Å². The zero-order chi connectivity index (χ0) is 21.7. The number of unbranched alkanes of at least 4 members (excludes halogenated alkanes) is 5. The van der Waals surface area contributed by atoms with Gasteiger partial charge in [-0.05, 0) is 86.1 Å². The number of aryl methyl sites for hydroxylation is 2. The zero-order valence-corrected chi connectivity index (χ0v) is 20.0. The van der Waals surface area contributed by atoms with Gasteiger partial charge in [-0.1, -0.05) is 94.2 Å². The number of rotatable bonds is 10. The van der Waals surface area contributed by atoms with E-state index in [-0.39, 0.29) is 0 Å². The Morgan fingerprint density at radius 1 is 0.645 bits per heavy atom. The summed E-state index contributed by atoms with van der Waals surface area (Å²) in [6, 6.07) is 18.5. The van der Waals surface area contributed by atoms with E-state index in [1.54, 1.807) is 5.56 Å². The Balaban J connectivity index is 1.42. The number of hydrogen-bond acceptors (Lipinski definition) is 0. The van der Waals surface area contributed by atoms with Gasteiger partial charge in [0.05, 0.1) is 0 Å². The molecule has 0 bridgehead atoms. The third-order valence-corrected chi connectivity index (χ3v) is 6.94. The van der Waals surface area contributed by atoms with Gasteiger partial charge in [0, 0.05) is 11.5 Å². The fraction of sp³-hybridized carbons (Fsp3) is 0.548. The summed E-state index contributed by atoms with van der Waals surface area (Å²) in [5.41, 5.74) is 5.67. The van der Waals surface area contributed by atoms with E-state index in [2.05, 4.69) is 74.2 Å². The van der Waals surface area contributed by atoms with E-state index in [1.165, 1.54) is 100 Å². The first-order chi connectivity index (χ1) is 15.3. The van der Waals surface area contributed by atoms with Gasteiger partial charge in [0.1, 0.15) is 0 Å². The van der Waals surface area contributed by atoms with Gasteiger partial charge in [0.2, 0.25) is 0 Å². The van der Waals surface area contributed by atoms with Gasteiger partial charge >= 0.3 is 0 Å². The van der Waals surface area contributed by atoms with Crippen LogP contribution in [-0.2, 0) is 12.8 Å². The first-order valence-corrected chi connectivity index (χ1v) is 13.0. The molecule has 0 aromatic heterocycles. The molecule has 0 heteroatoms. The first kappa shape index (κ1) is 23.7. The van der Waals surface area contributed by atoms with E-state index in [9.17, 15) is 0 Å². The maximum Gasteiger partial charge on any atom is 0.0245 e. The minimum absolute atomic E-state index is 0.568. The number of benzene rings is 2. The van der Waals surface area contributed by atoms with Crippen LogP contribution in [0.25, 0.3) is 0 Å². The Bertz CT molecular complexity index is 792. The van der Waals surface area contributed by atoms with Crippen LogP contribution < -0.4 is 0 Å². The third-order valence-electron chi connectivity index (χ3n) is 6.94. The van der Waals surface area contributed by atoms with E-state index in [0.717, 1.165) is 5.92 Å². The van der Waals surface area contributed by atoms with Crippen LogP contribution in [-0.4, -0.2) is 0 Å². The molecule has 0 radical (unpaired) electrons. The predicted octanol–water partition coefficient (Wildman–Crippen LogP) is 8.87. The molecule has 0 atom stereocenters. The average molecular weight is 415 g/mol. The summed E-state index contributed by atoms with van der Waals surface area (Å²) in [4.78, 5) is 0. The van der Waals surface area contributed by atoms with Crippen molar-refractivity contribution in [2.24, 2.45) is 5.92 Å². The Kier molecular flexibility index (Phi) is 10.2. The van der Waals surface area contributed by atoms with Gasteiger partial charge in [-0.25, -0.2) is 0 Å². The molecule has 1 saturated carbocycles. The predicted molar refractivity (Wildman–Crippen MR) is 136 cm³/mol. The second kappa shape index (κ2) is 13.4. The second-order valence-corrected chi connectivity index (χ2v) is 9.52. The minimum Gasteiger partial charge on any atom is -0.0945 e. The Morgan fingerprint density at radius 3 is 1.87 bits per heavy atom. The molecule has 0 heterocycles. The van der Waals surface area contributed by atoms with Gasteiger partial charge in [-0.3, -0.25) is 0 Å². The summed E-state index contributed by atoms with van der Waals surface area (Å²) >= 11 is 0. The largest absolute Gasteiger partial charge is 0.0945 e. The summed E-state index contributed by atoms with van der Waals surface area (Å²) in [6.45, 7) is 4.53. The van der Waals surface area contributed by atoms with Crippen LogP contribution in [0.2, 0.25) is 0 Å². The second-order valence-electron chi connectivity index (χ2n) is 9.52. The quantitative estimate of drug-likeness (QED) is 0.269. The van der Waals surface area contributed by atoms with E-state index in [4.69, 9.17) is 0 Å². The molecule has 1 aliphatic carbocycles. The lowest BCUT2D eigenvalue weighted by atomic mass is 9.78. The van der Waals surface area contributed by atoms with E-state index in [0.29, 0.717) is 5.92 Å². The molecule has 0 amide bonds. The summed E-state index contributed by atoms with van der Waals surface area (Å²) in [6.07, 6.45) is 16.8. The molecule has 1 aliphatic rings. The van der Waals surface area contributed by atoms with E-state index < -0.39 is 0 Å². The van der Waals surface area contributed by atoms with Crippen LogP contribution in [0.1, 0.15) is 113 Å². The maximum atomic E-state index is 3.57. The van der Waals surface area contributed by atoms with Crippen molar-refractivity contribution in [3.63, 3.8) is 0 Å². The monoisotopic (exact) mass is 414 g/mol. The van der Waals surface area contributed by atoms with E-state index in [1.807, 2.05) is 0 Å². The van der Waals surface area contributed by atoms with Crippen molar-refractivity contribution in [1.29, 1.82) is 0 Å². The molecule has 31 heavy (non-hydrogen) atoms. The van der Waals surface area contributed by atoms with Gasteiger partial charge in [-0.15, -0.1) is 0 Å². The third kappa shape index (κ3) is 8.22. The van der Waals surface area contributed by atoms with Gasteiger partial charge in [-0.2, -0.15) is 0 Å². The Hall–Kier alpha value is -2.00. The normalized spacial score (nSPS) is 18.4. The minimum atomic E-state index is 0.568. The highest BCUT2D eigenvalue weighted by molar-refractivity contribution is 5.37. The summed E-state index contributed by atoms with van der Waals surface area (Å²) in [5.74, 6) is 8.31. The topological polar surface area (TPSA) is 0 Å². The average Bonchev–Trinajstić information content (AvgIpc) is 2.83. The van der Waals surface area contributed by atoms with Gasteiger partial charge in [0.15, 0.2) is 0 Å². The molecule has 0 nitrogen and oxygen atoms in total. The van der Waals surface area contributed by atoms with Gasteiger partial charge in [0.25, 0.3) is 0 Å². The molecular formula is C31H42. The molecule has 3 rings (SSSR count). The van der Waals surface area contributed by atoms with Crippen molar-refractivity contribution in [2.75, 3.05) is 0 Å². The highest BCUT2D eigenvalue weighted by atomic mass is 14.2. The van der Waals surface area contributed by atoms with Crippen LogP contribution in [0.3, 0.4) is 0 Å². The summed E-state index contributed by atoms with van der Waals surface area (Å²) in [5, 5.41) is 0. The zero-order valence-electron chi connectivity index (χ0n) is 20.0. The lowest BCUT2D eigenvalue weighted by Gasteiger charge is -2.26. The summed E-state index contributed by atoms with van der Waals surface area (Å²) in [7, 11) is 0. The van der Waals surface area contributed by atoms with Crippen molar-refractivity contribution in [3.05, 3.63) is 70.8 Å². The molecule has 1 fully saturated rings. The maximum absolute atomic E-state index is 3.57. The lowest BCUT2D eigenvalue weighted by molar-refractivity contribution is 0.384. The fourth-order valence-electron chi connectivity index (χ4n) is 4.78. The molecule has 0 aliphatic heterocycles. The fourth-order valence-corrected chi connectivity index (χ4v) is 4.78. The SMILES string of the molecule is CCCCCCCc1ccc(C2CCC(C#Cc3ccc(CCCC)cc3)CC2)cc1. The molecule has 0 N–H and O–H groups in total. The molecule has 166 valence electrons. The lowest BCUT2D eigenvalue weighted by Crippen LogP contribution is -2.12. The first-order valence-electron chi connectivity index (χ1n) is 13.0. The van der Waals surface area contributed by atoms with Crippen molar-refractivity contribution < 1.29 is 0 Å². The molecule has 0 spiro atoms. The highest BCUT2D eigenvalue weighted by Gasteiger charge is 2.21. The molecular weight excluding hydrogens is 372 g/mol.